The Morgan fingerprint density at radius 1 is 1.12 bits per heavy atom. The third kappa shape index (κ3) is 3.68. The molecule has 1 spiro atoms. The van der Waals surface area contributed by atoms with Gasteiger partial charge in [-0.05, 0) is 43.5 Å². The number of rotatable bonds is 3. The number of piperidine rings is 2. The van der Waals surface area contributed by atoms with Gasteiger partial charge in [0.15, 0.2) is 0 Å². The lowest BCUT2D eigenvalue weighted by Gasteiger charge is -2.48. The molecule has 4 rings (SSSR count). The van der Waals surface area contributed by atoms with Crippen LogP contribution in [0.15, 0.2) is 42.7 Å². The second-order valence-corrected chi connectivity index (χ2v) is 7.87. The highest BCUT2D eigenvalue weighted by atomic mass is 35.5. The quantitative estimate of drug-likeness (QED) is 0.829. The maximum Gasteiger partial charge on any atom is 0.222 e. The van der Waals surface area contributed by atoms with Crippen LogP contribution in [0.25, 0.3) is 0 Å². The molecule has 4 heterocycles. The average Bonchev–Trinajstić information content (AvgIpc) is 2.67. The van der Waals surface area contributed by atoms with Crippen LogP contribution in [0.4, 0.5) is 5.82 Å². The minimum Gasteiger partial charge on any atom is -0.356 e. The summed E-state index contributed by atoms with van der Waals surface area (Å²) in [7, 11) is 0. The summed E-state index contributed by atoms with van der Waals surface area (Å²) in [6, 6.07) is 9.74. The third-order valence-corrected chi connectivity index (χ3v) is 5.75. The first-order valence-corrected chi connectivity index (χ1v) is 9.56. The van der Waals surface area contributed by atoms with Crippen LogP contribution in [0, 0.1) is 5.41 Å². The largest absolute Gasteiger partial charge is 0.356 e. The summed E-state index contributed by atoms with van der Waals surface area (Å²) in [5, 5.41) is 0.658. The zero-order valence-electron chi connectivity index (χ0n) is 14.8. The van der Waals surface area contributed by atoms with Crippen LogP contribution in [-0.2, 0) is 11.3 Å². The summed E-state index contributed by atoms with van der Waals surface area (Å²) in [6.07, 6.45) is 7.34. The molecule has 0 saturated carbocycles. The molecule has 0 N–H and O–H groups in total. The topological polar surface area (TPSA) is 49.3 Å². The normalized spacial score (nSPS) is 23.5. The van der Waals surface area contributed by atoms with Gasteiger partial charge in [-0.25, -0.2) is 4.98 Å². The van der Waals surface area contributed by atoms with Crippen molar-refractivity contribution in [3.8, 4) is 0 Å². The van der Waals surface area contributed by atoms with Gasteiger partial charge in [-0.3, -0.25) is 9.78 Å². The molecule has 2 aromatic rings. The number of carbonyl (C=O) groups is 1. The molecule has 0 radical (unpaired) electrons. The highest BCUT2D eigenvalue weighted by Gasteiger charge is 2.42. The Balaban J connectivity index is 1.49. The highest BCUT2D eigenvalue weighted by Crippen LogP contribution is 2.40. The Bertz CT molecular complexity index is 767. The average molecular weight is 371 g/mol. The molecule has 136 valence electrons. The molecular weight excluding hydrogens is 348 g/mol. The van der Waals surface area contributed by atoms with Gasteiger partial charge in [0, 0.05) is 43.9 Å². The highest BCUT2D eigenvalue weighted by molar-refractivity contribution is 6.30. The van der Waals surface area contributed by atoms with E-state index in [0.717, 1.165) is 50.4 Å². The lowest BCUT2D eigenvalue weighted by atomic mass is 9.73. The molecule has 6 heteroatoms. The summed E-state index contributed by atoms with van der Waals surface area (Å²) >= 11 is 5.97. The Kier molecular flexibility index (Phi) is 4.81. The standard InChI is InChI=1S/C20H23ClN4O/c21-16-5-6-18(23-12-16)24-11-3-8-20(14-24)9-7-19(26)25(15-20)13-17-4-1-2-10-22-17/h1-2,4-6,10,12H,3,7-9,11,13-15H2/t20-/m1/s1. The van der Waals surface area contributed by atoms with Crippen molar-refractivity contribution in [1.82, 2.24) is 14.9 Å². The maximum atomic E-state index is 12.5. The summed E-state index contributed by atoms with van der Waals surface area (Å²) < 4.78 is 0. The van der Waals surface area contributed by atoms with Gasteiger partial charge in [-0.2, -0.15) is 0 Å². The Morgan fingerprint density at radius 3 is 2.81 bits per heavy atom. The van der Waals surface area contributed by atoms with Gasteiger partial charge in [0.25, 0.3) is 0 Å². The number of anilines is 1. The molecule has 0 unspecified atom stereocenters. The van der Waals surface area contributed by atoms with Crippen LogP contribution in [0.3, 0.4) is 0 Å². The smallest absolute Gasteiger partial charge is 0.222 e. The van der Waals surface area contributed by atoms with E-state index in [-0.39, 0.29) is 11.3 Å². The molecule has 0 aromatic carbocycles. The fourth-order valence-electron chi connectivity index (χ4n) is 4.23. The number of amides is 1. The molecule has 2 fully saturated rings. The van der Waals surface area contributed by atoms with Gasteiger partial charge < -0.3 is 9.80 Å². The SMILES string of the molecule is O=C1CC[C@@]2(CCCN(c3ccc(Cl)cn3)C2)CN1Cc1ccccn1. The van der Waals surface area contributed by atoms with Gasteiger partial charge in [-0.1, -0.05) is 17.7 Å². The van der Waals surface area contributed by atoms with Crippen molar-refractivity contribution >= 4 is 23.3 Å². The predicted octanol–water partition coefficient (Wildman–Crippen LogP) is 3.54. The van der Waals surface area contributed by atoms with Crippen molar-refractivity contribution < 1.29 is 4.79 Å². The number of aromatic nitrogens is 2. The van der Waals surface area contributed by atoms with Crippen molar-refractivity contribution in [2.45, 2.75) is 32.2 Å². The number of hydrogen-bond acceptors (Lipinski definition) is 4. The Morgan fingerprint density at radius 2 is 2.04 bits per heavy atom. The molecule has 5 nitrogen and oxygen atoms in total. The lowest BCUT2D eigenvalue weighted by Crippen LogP contribution is -2.54. The molecular formula is C20H23ClN4O. The van der Waals surface area contributed by atoms with Crippen molar-refractivity contribution in [3.05, 3.63) is 53.4 Å². The molecule has 2 aliphatic rings. The molecule has 1 atom stereocenters. The molecule has 26 heavy (non-hydrogen) atoms. The minimum atomic E-state index is 0.141. The lowest BCUT2D eigenvalue weighted by molar-refractivity contribution is -0.138. The summed E-state index contributed by atoms with van der Waals surface area (Å²) in [5.41, 5.74) is 1.09. The van der Waals surface area contributed by atoms with E-state index in [1.807, 2.05) is 35.2 Å². The Labute approximate surface area is 159 Å². The van der Waals surface area contributed by atoms with Crippen molar-refractivity contribution in [2.24, 2.45) is 5.41 Å². The number of halogens is 1. The van der Waals surface area contributed by atoms with Crippen molar-refractivity contribution in [2.75, 3.05) is 24.5 Å². The van der Waals surface area contributed by atoms with E-state index in [9.17, 15) is 4.79 Å². The van der Waals surface area contributed by atoms with E-state index in [2.05, 4.69) is 14.9 Å². The molecule has 2 saturated heterocycles. The number of pyridine rings is 2. The van der Waals surface area contributed by atoms with Crippen molar-refractivity contribution in [3.63, 3.8) is 0 Å². The maximum absolute atomic E-state index is 12.5. The van der Waals surface area contributed by atoms with Crippen LogP contribution in [0.5, 0.6) is 0 Å². The van der Waals surface area contributed by atoms with Gasteiger partial charge in [0.1, 0.15) is 5.82 Å². The van der Waals surface area contributed by atoms with Crippen LogP contribution < -0.4 is 4.90 Å². The first-order chi connectivity index (χ1) is 12.6. The second kappa shape index (κ2) is 7.23. The summed E-state index contributed by atoms with van der Waals surface area (Å²) in [4.78, 5) is 25.7. The first-order valence-electron chi connectivity index (χ1n) is 9.18. The van der Waals surface area contributed by atoms with E-state index in [4.69, 9.17) is 11.6 Å². The minimum absolute atomic E-state index is 0.141. The van der Waals surface area contributed by atoms with E-state index in [1.54, 1.807) is 12.4 Å². The number of hydrogen-bond donors (Lipinski definition) is 0. The fraction of sp³-hybridized carbons (Fsp3) is 0.450. The second-order valence-electron chi connectivity index (χ2n) is 7.43. The van der Waals surface area contributed by atoms with E-state index in [0.29, 0.717) is 18.0 Å². The summed E-state index contributed by atoms with van der Waals surface area (Å²) in [5.74, 6) is 1.21. The van der Waals surface area contributed by atoms with Gasteiger partial charge in [0.2, 0.25) is 5.91 Å². The van der Waals surface area contributed by atoms with E-state index < -0.39 is 0 Å². The van der Waals surface area contributed by atoms with Crippen molar-refractivity contribution in [1.29, 1.82) is 0 Å². The van der Waals surface area contributed by atoms with Crippen LogP contribution in [-0.4, -0.2) is 40.4 Å². The summed E-state index contributed by atoms with van der Waals surface area (Å²) in [6.45, 7) is 3.34. The van der Waals surface area contributed by atoms with Crippen LogP contribution in [0.1, 0.15) is 31.4 Å². The molecule has 2 aliphatic heterocycles. The number of nitrogens with zero attached hydrogens (tertiary/aromatic N) is 4. The van der Waals surface area contributed by atoms with E-state index >= 15 is 0 Å². The zero-order chi connectivity index (χ0) is 18.0. The van der Waals surface area contributed by atoms with Crippen LogP contribution in [0.2, 0.25) is 5.02 Å². The van der Waals surface area contributed by atoms with Gasteiger partial charge >= 0.3 is 0 Å². The first kappa shape index (κ1) is 17.3. The number of likely N-dealkylation sites (tertiary alicyclic amines) is 1. The number of carbonyl (C=O) groups excluding carboxylic acids is 1. The molecule has 2 aromatic heterocycles. The molecule has 0 bridgehead atoms. The van der Waals surface area contributed by atoms with Gasteiger partial charge in [-0.15, -0.1) is 0 Å². The third-order valence-electron chi connectivity index (χ3n) is 5.52. The van der Waals surface area contributed by atoms with Gasteiger partial charge in [0.05, 0.1) is 17.3 Å². The monoisotopic (exact) mass is 370 g/mol. The molecule has 1 amide bonds. The van der Waals surface area contributed by atoms with E-state index in [1.165, 1.54) is 0 Å². The molecule has 0 aliphatic carbocycles. The van der Waals surface area contributed by atoms with Crippen LogP contribution >= 0.6 is 11.6 Å². The zero-order valence-corrected chi connectivity index (χ0v) is 15.5. The Hall–Kier alpha value is -2.14. The predicted molar refractivity (Wildman–Crippen MR) is 102 cm³/mol. The fourth-order valence-corrected chi connectivity index (χ4v) is 4.34.